The molecule has 60 valence electrons. The van der Waals surface area contributed by atoms with Gasteiger partial charge >= 0.3 is 0 Å². The van der Waals surface area contributed by atoms with Gasteiger partial charge in [-0.25, -0.2) is 0 Å². The summed E-state index contributed by atoms with van der Waals surface area (Å²) >= 11 is 1.74. The lowest BCUT2D eigenvalue weighted by Crippen LogP contribution is -2.02. The molecule has 0 bridgehead atoms. The van der Waals surface area contributed by atoms with Crippen LogP contribution in [0.4, 0.5) is 0 Å². The van der Waals surface area contributed by atoms with Crippen molar-refractivity contribution in [1.29, 1.82) is 0 Å². The lowest BCUT2D eigenvalue weighted by molar-refractivity contribution is 0.169. The predicted molar refractivity (Wildman–Crippen MR) is 46.8 cm³/mol. The maximum Gasteiger partial charge on any atom is 0.0546 e. The summed E-state index contributed by atoms with van der Waals surface area (Å²) < 4.78 is 0. The third kappa shape index (κ3) is 1.33. The monoisotopic (exact) mass is 168 g/mol. The average Bonchev–Trinajstić information content (AvgIpc) is 2.60. The third-order valence-electron chi connectivity index (χ3n) is 2.43. The molecule has 0 spiro atoms. The van der Waals surface area contributed by atoms with Gasteiger partial charge in [0.25, 0.3) is 0 Å². The third-order valence-corrected chi connectivity index (χ3v) is 3.13. The van der Waals surface area contributed by atoms with Gasteiger partial charge in [0.2, 0.25) is 0 Å². The fourth-order valence-corrected chi connectivity index (χ4v) is 2.34. The highest BCUT2D eigenvalue weighted by Gasteiger charge is 2.41. The Hall–Kier alpha value is -0.340. The summed E-state index contributed by atoms with van der Waals surface area (Å²) in [4.78, 5) is 0. The molecule has 1 nitrogen and oxygen atoms in total. The van der Waals surface area contributed by atoms with Crippen LogP contribution in [0.25, 0.3) is 0 Å². The van der Waals surface area contributed by atoms with E-state index in [9.17, 15) is 5.11 Å². The molecular formula is C9H12OS. The van der Waals surface area contributed by atoms with Crippen LogP contribution in [-0.4, -0.2) is 11.2 Å². The molecule has 0 saturated heterocycles. The summed E-state index contributed by atoms with van der Waals surface area (Å²) in [6, 6.07) is 2.16. The molecular weight excluding hydrogens is 156 g/mol. The first kappa shape index (κ1) is 7.32. The van der Waals surface area contributed by atoms with E-state index in [-0.39, 0.29) is 6.10 Å². The van der Waals surface area contributed by atoms with E-state index in [1.807, 2.05) is 6.92 Å². The fraction of sp³-hybridized carbons (Fsp3) is 0.556. The van der Waals surface area contributed by atoms with E-state index in [4.69, 9.17) is 0 Å². The minimum absolute atomic E-state index is 0.125. The Bertz CT molecular complexity index is 228. The Morgan fingerprint density at radius 1 is 1.73 bits per heavy atom. The Kier molecular flexibility index (Phi) is 1.74. The van der Waals surface area contributed by atoms with Crippen LogP contribution >= 0.6 is 11.3 Å². The second-order valence-electron chi connectivity index (χ2n) is 3.30. The van der Waals surface area contributed by atoms with Gasteiger partial charge in [-0.3, -0.25) is 0 Å². The molecule has 0 aromatic carbocycles. The first-order valence-electron chi connectivity index (χ1n) is 3.99. The highest BCUT2D eigenvalue weighted by Crippen LogP contribution is 2.49. The maximum atomic E-state index is 9.26. The van der Waals surface area contributed by atoms with Crippen LogP contribution in [0.3, 0.4) is 0 Å². The molecule has 11 heavy (non-hydrogen) atoms. The van der Waals surface area contributed by atoms with Crippen molar-refractivity contribution in [3.05, 3.63) is 22.4 Å². The van der Waals surface area contributed by atoms with Crippen LogP contribution in [0.5, 0.6) is 0 Å². The van der Waals surface area contributed by atoms with Crippen molar-refractivity contribution in [3.8, 4) is 0 Å². The number of rotatable bonds is 2. The molecule has 1 fully saturated rings. The highest BCUT2D eigenvalue weighted by molar-refractivity contribution is 7.08. The lowest BCUT2D eigenvalue weighted by Gasteiger charge is -1.99. The normalized spacial score (nSPS) is 31.8. The second kappa shape index (κ2) is 2.61. The van der Waals surface area contributed by atoms with Gasteiger partial charge in [-0.2, -0.15) is 11.3 Å². The Balaban J connectivity index is 2.02. The second-order valence-corrected chi connectivity index (χ2v) is 4.08. The largest absolute Gasteiger partial charge is 0.393 e. The topological polar surface area (TPSA) is 20.2 Å². The van der Waals surface area contributed by atoms with Crippen molar-refractivity contribution in [2.24, 2.45) is 5.92 Å². The number of aliphatic hydroxyl groups excluding tert-OH is 1. The van der Waals surface area contributed by atoms with Gasteiger partial charge < -0.3 is 5.11 Å². The number of thiophene rings is 1. The van der Waals surface area contributed by atoms with E-state index in [0.29, 0.717) is 11.8 Å². The summed E-state index contributed by atoms with van der Waals surface area (Å²) in [6.07, 6.45) is 1.05. The molecule has 1 N–H and O–H groups in total. The molecule has 1 aromatic rings. The fourth-order valence-electron chi connectivity index (χ4n) is 1.62. The summed E-state index contributed by atoms with van der Waals surface area (Å²) in [7, 11) is 0. The lowest BCUT2D eigenvalue weighted by atomic mass is 10.1. The van der Waals surface area contributed by atoms with Crippen molar-refractivity contribution >= 4 is 11.3 Å². The van der Waals surface area contributed by atoms with Gasteiger partial charge in [-0.1, -0.05) is 0 Å². The quantitative estimate of drug-likeness (QED) is 0.718. The van der Waals surface area contributed by atoms with Crippen LogP contribution in [0.2, 0.25) is 0 Å². The zero-order valence-electron chi connectivity index (χ0n) is 6.53. The molecule has 1 saturated carbocycles. The Morgan fingerprint density at radius 2 is 2.55 bits per heavy atom. The molecule has 1 aliphatic rings. The van der Waals surface area contributed by atoms with Gasteiger partial charge in [-0.05, 0) is 47.6 Å². The minimum Gasteiger partial charge on any atom is -0.393 e. The van der Waals surface area contributed by atoms with Crippen molar-refractivity contribution in [3.63, 3.8) is 0 Å². The van der Waals surface area contributed by atoms with Crippen molar-refractivity contribution in [1.82, 2.24) is 0 Å². The molecule has 2 rings (SSSR count). The van der Waals surface area contributed by atoms with Crippen molar-refractivity contribution in [2.75, 3.05) is 0 Å². The molecule has 0 unspecified atom stereocenters. The summed E-state index contributed by atoms with van der Waals surface area (Å²) in [5.41, 5.74) is 1.42. The maximum absolute atomic E-state index is 9.26. The first-order chi connectivity index (χ1) is 5.29. The van der Waals surface area contributed by atoms with E-state index in [1.165, 1.54) is 12.0 Å². The smallest absolute Gasteiger partial charge is 0.0546 e. The number of hydrogen-bond donors (Lipinski definition) is 1. The van der Waals surface area contributed by atoms with Crippen LogP contribution in [0.1, 0.15) is 24.8 Å². The van der Waals surface area contributed by atoms with Crippen LogP contribution in [0.15, 0.2) is 16.8 Å². The average molecular weight is 168 g/mol. The van der Waals surface area contributed by atoms with Crippen LogP contribution in [-0.2, 0) is 0 Å². The molecule has 0 amide bonds. The first-order valence-corrected chi connectivity index (χ1v) is 4.93. The van der Waals surface area contributed by atoms with E-state index in [2.05, 4.69) is 16.8 Å². The zero-order valence-corrected chi connectivity index (χ0v) is 7.34. The molecule has 1 heterocycles. The van der Waals surface area contributed by atoms with Crippen LogP contribution < -0.4 is 0 Å². The van der Waals surface area contributed by atoms with Gasteiger partial charge in [0.05, 0.1) is 6.10 Å². The van der Waals surface area contributed by atoms with Gasteiger partial charge in [0.1, 0.15) is 0 Å². The highest BCUT2D eigenvalue weighted by atomic mass is 32.1. The van der Waals surface area contributed by atoms with Crippen molar-refractivity contribution in [2.45, 2.75) is 25.4 Å². The predicted octanol–water partition coefficient (Wildman–Crippen LogP) is 2.23. The molecule has 0 radical (unpaired) electrons. The molecule has 1 aliphatic carbocycles. The van der Waals surface area contributed by atoms with E-state index in [0.717, 1.165) is 0 Å². The van der Waals surface area contributed by atoms with Gasteiger partial charge in [-0.15, -0.1) is 0 Å². The molecule has 2 heteroatoms. The minimum atomic E-state index is -0.125. The molecule has 1 aromatic heterocycles. The summed E-state index contributed by atoms with van der Waals surface area (Å²) in [6.45, 7) is 1.89. The number of hydrogen-bond acceptors (Lipinski definition) is 2. The molecule has 0 aliphatic heterocycles. The Morgan fingerprint density at radius 3 is 3.00 bits per heavy atom. The number of aliphatic hydroxyl groups is 1. The SMILES string of the molecule is C[C@@H](O)[C@@H]1C[C@@H]1c1ccsc1. The van der Waals surface area contributed by atoms with Crippen molar-refractivity contribution < 1.29 is 5.11 Å². The van der Waals surface area contributed by atoms with E-state index in [1.54, 1.807) is 11.3 Å². The summed E-state index contributed by atoms with van der Waals surface area (Å²) in [5, 5.41) is 13.6. The Labute approximate surface area is 70.7 Å². The van der Waals surface area contributed by atoms with E-state index >= 15 is 0 Å². The van der Waals surface area contributed by atoms with E-state index < -0.39 is 0 Å². The van der Waals surface area contributed by atoms with Gasteiger partial charge in [0.15, 0.2) is 0 Å². The van der Waals surface area contributed by atoms with Crippen LogP contribution in [0, 0.1) is 5.92 Å². The summed E-state index contributed by atoms with van der Waals surface area (Å²) in [5.74, 6) is 1.19. The van der Waals surface area contributed by atoms with Gasteiger partial charge in [0, 0.05) is 0 Å². The standard InChI is InChI=1S/C9H12OS/c1-6(10)8-4-9(8)7-2-3-11-5-7/h2-3,5-6,8-10H,4H2,1H3/t6-,8+,9-/m1/s1. The molecule has 3 atom stereocenters. The zero-order chi connectivity index (χ0) is 7.84.